The van der Waals surface area contributed by atoms with E-state index in [0.29, 0.717) is 27.5 Å². The highest BCUT2D eigenvalue weighted by molar-refractivity contribution is 6.31. The van der Waals surface area contributed by atoms with Gasteiger partial charge in [-0.1, -0.05) is 38.4 Å². The monoisotopic (exact) mass is 343 g/mol. The van der Waals surface area contributed by atoms with Gasteiger partial charge in [-0.15, -0.1) is 15.0 Å². The number of benzene rings is 2. The number of aromatic nitrogens is 3. The maximum absolute atomic E-state index is 11.4. The quantitative estimate of drug-likeness (QED) is 0.514. The Balaban J connectivity index is 2.19. The minimum absolute atomic E-state index is 0.0562. The van der Waals surface area contributed by atoms with E-state index in [1.54, 1.807) is 24.3 Å². The molecule has 5 nitrogen and oxygen atoms in total. The Labute approximate surface area is 145 Å². The van der Waals surface area contributed by atoms with Crippen molar-refractivity contribution < 1.29 is 9.53 Å². The van der Waals surface area contributed by atoms with Gasteiger partial charge in [-0.25, -0.2) is 0 Å². The third-order valence-corrected chi connectivity index (χ3v) is 3.87. The van der Waals surface area contributed by atoms with Gasteiger partial charge in [0.25, 0.3) is 0 Å². The Morgan fingerprint density at radius 1 is 1.08 bits per heavy atom. The van der Waals surface area contributed by atoms with Crippen molar-refractivity contribution in [1.29, 1.82) is 0 Å². The average Bonchev–Trinajstić information content (AvgIpc) is 2.88. The van der Waals surface area contributed by atoms with E-state index in [1.807, 2.05) is 12.1 Å². The van der Waals surface area contributed by atoms with Gasteiger partial charge in [0.1, 0.15) is 16.7 Å². The van der Waals surface area contributed by atoms with Crippen molar-refractivity contribution in [3.8, 4) is 11.4 Å². The second-order valence-corrected chi connectivity index (χ2v) is 7.09. The highest BCUT2D eigenvalue weighted by Gasteiger charge is 2.19. The number of rotatable bonds is 2. The minimum atomic E-state index is -0.389. The molecular formula is C18H18ClN3O2. The fraction of sp³-hybridized carbons (Fsp3) is 0.278. The molecule has 0 spiro atoms. The molecule has 6 heteroatoms. The number of hydrogen-bond donors (Lipinski definition) is 0. The molecule has 1 aromatic heterocycles. The standard InChI is InChI=1S/C18H18ClN3O2/c1-11(23)24-17-8-5-12(18(2,3)4)9-16(17)22-20-14-7-6-13(19)10-15(14)21-22/h5-10H,1-4H3. The largest absolute Gasteiger partial charge is 0.424 e. The molecule has 0 aliphatic heterocycles. The third-order valence-electron chi connectivity index (χ3n) is 3.64. The van der Waals surface area contributed by atoms with Crippen molar-refractivity contribution in [2.24, 2.45) is 0 Å². The van der Waals surface area contributed by atoms with Gasteiger partial charge in [0.15, 0.2) is 5.75 Å². The van der Waals surface area contributed by atoms with E-state index in [9.17, 15) is 4.79 Å². The van der Waals surface area contributed by atoms with Crippen LogP contribution in [-0.2, 0) is 10.2 Å². The summed E-state index contributed by atoms with van der Waals surface area (Å²) in [6, 6.07) is 11.0. The minimum Gasteiger partial charge on any atom is -0.424 e. The molecule has 3 aromatic rings. The van der Waals surface area contributed by atoms with Crippen LogP contribution in [0.25, 0.3) is 16.7 Å². The smallest absolute Gasteiger partial charge is 0.308 e. The van der Waals surface area contributed by atoms with Gasteiger partial charge < -0.3 is 4.74 Å². The molecule has 0 saturated carbocycles. The van der Waals surface area contributed by atoms with Gasteiger partial charge in [0.2, 0.25) is 0 Å². The zero-order valence-electron chi connectivity index (χ0n) is 14.0. The zero-order valence-corrected chi connectivity index (χ0v) is 14.8. The number of nitrogens with zero attached hydrogens (tertiary/aromatic N) is 3. The van der Waals surface area contributed by atoms with E-state index in [1.165, 1.54) is 11.7 Å². The van der Waals surface area contributed by atoms with Crippen molar-refractivity contribution in [3.63, 3.8) is 0 Å². The lowest BCUT2D eigenvalue weighted by atomic mass is 9.87. The first-order valence-corrected chi connectivity index (χ1v) is 7.98. The van der Waals surface area contributed by atoms with Crippen LogP contribution in [0.1, 0.15) is 33.3 Å². The Hall–Kier alpha value is -2.40. The SMILES string of the molecule is CC(=O)Oc1ccc(C(C)(C)C)cc1-n1nc2ccc(Cl)cc2n1. The molecule has 0 aliphatic rings. The molecule has 24 heavy (non-hydrogen) atoms. The van der Waals surface area contributed by atoms with Crippen molar-refractivity contribution in [2.75, 3.05) is 0 Å². The second kappa shape index (κ2) is 5.91. The molecule has 0 atom stereocenters. The van der Waals surface area contributed by atoms with E-state index in [-0.39, 0.29) is 11.4 Å². The van der Waals surface area contributed by atoms with Crippen LogP contribution in [0.3, 0.4) is 0 Å². The first-order chi connectivity index (χ1) is 11.2. The molecule has 124 valence electrons. The fourth-order valence-electron chi connectivity index (χ4n) is 2.38. The summed E-state index contributed by atoms with van der Waals surface area (Å²) in [5, 5.41) is 9.53. The number of halogens is 1. The van der Waals surface area contributed by atoms with Crippen molar-refractivity contribution in [3.05, 3.63) is 47.0 Å². The normalized spacial score (nSPS) is 11.7. The molecule has 0 N–H and O–H groups in total. The summed E-state index contributed by atoms with van der Waals surface area (Å²) in [5.41, 5.74) is 3.05. The van der Waals surface area contributed by atoms with Gasteiger partial charge in [0, 0.05) is 11.9 Å². The van der Waals surface area contributed by atoms with Crippen LogP contribution in [0.2, 0.25) is 5.02 Å². The van der Waals surface area contributed by atoms with Gasteiger partial charge in [-0.2, -0.15) is 0 Å². The van der Waals surface area contributed by atoms with Crippen molar-refractivity contribution in [2.45, 2.75) is 33.1 Å². The number of esters is 1. The lowest BCUT2D eigenvalue weighted by Gasteiger charge is -2.20. The Morgan fingerprint density at radius 2 is 1.79 bits per heavy atom. The van der Waals surface area contributed by atoms with E-state index < -0.39 is 0 Å². The highest BCUT2D eigenvalue weighted by atomic mass is 35.5. The molecule has 3 rings (SSSR count). The van der Waals surface area contributed by atoms with Crippen LogP contribution in [0.5, 0.6) is 5.75 Å². The van der Waals surface area contributed by atoms with E-state index >= 15 is 0 Å². The molecule has 0 radical (unpaired) electrons. The second-order valence-electron chi connectivity index (χ2n) is 6.65. The molecular weight excluding hydrogens is 326 g/mol. The number of carbonyl (C=O) groups excluding carboxylic acids is 1. The average molecular weight is 344 g/mol. The molecule has 0 unspecified atom stereocenters. The Morgan fingerprint density at radius 3 is 2.46 bits per heavy atom. The summed E-state index contributed by atoms with van der Waals surface area (Å²) >= 11 is 6.01. The topological polar surface area (TPSA) is 57.0 Å². The highest BCUT2D eigenvalue weighted by Crippen LogP contribution is 2.30. The number of ether oxygens (including phenoxy) is 1. The maximum atomic E-state index is 11.4. The first kappa shape index (κ1) is 16.5. The summed E-state index contributed by atoms with van der Waals surface area (Å²) < 4.78 is 5.32. The third kappa shape index (κ3) is 3.26. The van der Waals surface area contributed by atoms with Crippen LogP contribution in [0.15, 0.2) is 36.4 Å². The van der Waals surface area contributed by atoms with Crippen LogP contribution in [-0.4, -0.2) is 21.0 Å². The summed E-state index contributed by atoms with van der Waals surface area (Å²) in [6.45, 7) is 7.72. The summed E-state index contributed by atoms with van der Waals surface area (Å²) in [6.07, 6.45) is 0. The van der Waals surface area contributed by atoms with Crippen LogP contribution < -0.4 is 4.74 Å². The molecule has 1 heterocycles. The summed E-state index contributed by atoms with van der Waals surface area (Å²) in [4.78, 5) is 12.9. The van der Waals surface area contributed by atoms with E-state index in [4.69, 9.17) is 16.3 Å². The molecule has 0 saturated heterocycles. The lowest BCUT2D eigenvalue weighted by Crippen LogP contribution is -2.14. The maximum Gasteiger partial charge on any atom is 0.308 e. The van der Waals surface area contributed by atoms with Crippen LogP contribution in [0, 0.1) is 0 Å². The number of fused-ring (bicyclic) bond motifs is 1. The number of hydrogen-bond acceptors (Lipinski definition) is 4. The van der Waals surface area contributed by atoms with Gasteiger partial charge in [-0.05, 0) is 41.3 Å². The Bertz CT molecular complexity index is 926. The summed E-state index contributed by atoms with van der Waals surface area (Å²) in [7, 11) is 0. The van der Waals surface area contributed by atoms with Gasteiger partial charge in [-0.3, -0.25) is 4.79 Å². The van der Waals surface area contributed by atoms with Crippen LogP contribution in [0.4, 0.5) is 0 Å². The lowest BCUT2D eigenvalue weighted by molar-refractivity contribution is -0.131. The van der Waals surface area contributed by atoms with E-state index in [0.717, 1.165) is 5.56 Å². The molecule has 2 aromatic carbocycles. The molecule has 0 bridgehead atoms. The van der Waals surface area contributed by atoms with Crippen molar-refractivity contribution in [1.82, 2.24) is 15.0 Å². The van der Waals surface area contributed by atoms with Gasteiger partial charge in [0.05, 0.1) is 0 Å². The van der Waals surface area contributed by atoms with Crippen molar-refractivity contribution >= 4 is 28.6 Å². The molecule has 0 amide bonds. The predicted molar refractivity (Wildman–Crippen MR) is 93.9 cm³/mol. The molecule has 0 fully saturated rings. The summed E-state index contributed by atoms with van der Waals surface area (Å²) in [5.74, 6) is 0.0291. The number of carbonyl (C=O) groups is 1. The van der Waals surface area contributed by atoms with Gasteiger partial charge >= 0.3 is 5.97 Å². The molecule has 0 aliphatic carbocycles. The van der Waals surface area contributed by atoms with Crippen LogP contribution >= 0.6 is 11.6 Å². The van der Waals surface area contributed by atoms with E-state index in [2.05, 4.69) is 31.0 Å². The fourth-order valence-corrected chi connectivity index (χ4v) is 2.54. The predicted octanol–water partition coefficient (Wildman–Crippen LogP) is 4.30. The zero-order chi connectivity index (χ0) is 17.5. The Kier molecular flexibility index (Phi) is 4.05. The first-order valence-electron chi connectivity index (χ1n) is 7.60.